The van der Waals surface area contributed by atoms with Crippen molar-refractivity contribution in [3.05, 3.63) is 55.1 Å². The van der Waals surface area contributed by atoms with Crippen molar-refractivity contribution in [2.24, 2.45) is 0 Å². The van der Waals surface area contributed by atoms with E-state index in [2.05, 4.69) is 27.9 Å². The molecule has 0 fully saturated rings. The fraction of sp³-hybridized carbons (Fsp3) is 0.200. The van der Waals surface area contributed by atoms with Gasteiger partial charge in [-0.2, -0.15) is 5.26 Å². The van der Waals surface area contributed by atoms with Gasteiger partial charge in [-0.1, -0.05) is 29.3 Å². The van der Waals surface area contributed by atoms with Gasteiger partial charge in [0.25, 0.3) is 5.91 Å². The molecule has 2 rings (SSSR count). The van der Waals surface area contributed by atoms with Crippen molar-refractivity contribution in [2.75, 3.05) is 18.5 Å². The number of nitriles is 1. The van der Waals surface area contributed by atoms with Gasteiger partial charge in [-0.25, -0.2) is 0 Å². The maximum absolute atomic E-state index is 12.5. The Kier molecular flexibility index (Phi) is 8.42. The highest BCUT2D eigenvalue weighted by Gasteiger charge is 2.16. The molecule has 0 bridgehead atoms. The van der Waals surface area contributed by atoms with E-state index in [-0.39, 0.29) is 21.3 Å². The highest BCUT2D eigenvalue weighted by atomic mass is 127. The minimum Gasteiger partial charge on any atom is -0.490 e. The fourth-order valence-corrected chi connectivity index (χ4v) is 3.61. The number of halogens is 3. The van der Waals surface area contributed by atoms with Crippen molar-refractivity contribution in [3.8, 4) is 17.6 Å². The lowest BCUT2D eigenvalue weighted by atomic mass is 10.1. The minimum absolute atomic E-state index is 0.0987. The number of nitrogens with one attached hydrogen (secondary N) is 1. The molecule has 28 heavy (non-hydrogen) atoms. The van der Waals surface area contributed by atoms with Gasteiger partial charge in [-0.05, 0) is 72.3 Å². The van der Waals surface area contributed by atoms with Gasteiger partial charge in [-0.15, -0.1) is 0 Å². The number of rotatable bonds is 7. The number of benzene rings is 2. The van der Waals surface area contributed by atoms with Crippen LogP contribution in [0.4, 0.5) is 5.69 Å². The van der Waals surface area contributed by atoms with Crippen LogP contribution in [0.1, 0.15) is 19.4 Å². The van der Waals surface area contributed by atoms with Gasteiger partial charge in [0.2, 0.25) is 0 Å². The SMILES string of the molecule is CCOc1cc(/C=C(\C#N)C(=O)Nc2c(Cl)cccc2Cl)cc(I)c1OCC. The van der Waals surface area contributed by atoms with E-state index in [9.17, 15) is 10.1 Å². The Morgan fingerprint density at radius 2 is 1.86 bits per heavy atom. The van der Waals surface area contributed by atoms with E-state index >= 15 is 0 Å². The van der Waals surface area contributed by atoms with Crippen molar-refractivity contribution in [3.63, 3.8) is 0 Å². The van der Waals surface area contributed by atoms with Crippen molar-refractivity contribution in [2.45, 2.75) is 13.8 Å². The summed E-state index contributed by atoms with van der Waals surface area (Å²) in [7, 11) is 0. The van der Waals surface area contributed by atoms with Crippen LogP contribution in [-0.4, -0.2) is 19.1 Å². The average Bonchev–Trinajstić information content (AvgIpc) is 2.65. The second-order valence-corrected chi connectivity index (χ2v) is 7.39. The zero-order valence-electron chi connectivity index (χ0n) is 15.2. The highest BCUT2D eigenvalue weighted by molar-refractivity contribution is 14.1. The van der Waals surface area contributed by atoms with Crippen molar-refractivity contribution in [1.82, 2.24) is 0 Å². The maximum atomic E-state index is 12.5. The molecule has 0 saturated carbocycles. The van der Waals surface area contributed by atoms with Crippen LogP contribution in [0, 0.1) is 14.9 Å². The summed E-state index contributed by atoms with van der Waals surface area (Å²) in [6.45, 7) is 4.71. The molecule has 0 aliphatic carbocycles. The molecule has 0 saturated heterocycles. The smallest absolute Gasteiger partial charge is 0.266 e. The summed E-state index contributed by atoms with van der Waals surface area (Å²) in [4.78, 5) is 12.5. The summed E-state index contributed by atoms with van der Waals surface area (Å²) in [5.41, 5.74) is 0.792. The first-order chi connectivity index (χ1) is 13.4. The van der Waals surface area contributed by atoms with Gasteiger partial charge < -0.3 is 14.8 Å². The summed E-state index contributed by atoms with van der Waals surface area (Å²) in [6.07, 6.45) is 1.47. The third-order valence-corrected chi connectivity index (χ3v) is 4.93. The van der Waals surface area contributed by atoms with Crippen LogP contribution in [0.3, 0.4) is 0 Å². The molecular formula is C20H17Cl2IN2O3. The number of amides is 1. The molecule has 1 amide bonds. The Morgan fingerprint density at radius 3 is 2.43 bits per heavy atom. The van der Waals surface area contributed by atoms with E-state index in [1.807, 2.05) is 19.9 Å². The van der Waals surface area contributed by atoms with Crippen LogP contribution in [0.15, 0.2) is 35.9 Å². The first-order valence-electron chi connectivity index (χ1n) is 8.37. The van der Waals surface area contributed by atoms with Crippen molar-refractivity contribution >= 4 is 63.5 Å². The predicted octanol–water partition coefficient (Wildman–Crippen LogP) is 5.94. The standard InChI is InChI=1S/C20H17Cl2IN2O3/c1-3-27-17-10-12(9-16(23)19(17)28-4-2)8-13(11-24)20(26)25-18-14(21)6-5-7-15(18)22/h5-10H,3-4H2,1-2H3,(H,25,26)/b13-8+. The normalized spacial score (nSPS) is 10.9. The molecule has 1 N–H and O–H groups in total. The monoisotopic (exact) mass is 530 g/mol. The van der Waals surface area contributed by atoms with E-state index in [1.54, 1.807) is 30.3 Å². The van der Waals surface area contributed by atoms with E-state index in [0.717, 1.165) is 3.57 Å². The number of hydrogen-bond acceptors (Lipinski definition) is 4. The molecule has 0 aromatic heterocycles. The summed E-state index contributed by atoms with van der Waals surface area (Å²) in [5.74, 6) is 0.571. The number of hydrogen-bond donors (Lipinski definition) is 1. The molecule has 5 nitrogen and oxygen atoms in total. The van der Waals surface area contributed by atoms with Gasteiger partial charge in [0, 0.05) is 0 Å². The van der Waals surface area contributed by atoms with E-state index in [4.69, 9.17) is 32.7 Å². The molecule has 2 aromatic carbocycles. The quantitative estimate of drug-likeness (QED) is 0.273. The lowest BCUT2D eigenvalue weighted by Crippen LogP contribution is -2.14. The molecule has 146 valence electrons. The zero-order chi connectivity index (χ0) is 20.7. The molecule has 2 aromatic rings. The molecule has 0 aliphatic rings. The zero-order valence-corrected chi connectivity index (χ0v) is 18.9. The molecule has 0 atom stereocenters. The lowest BCUT2D eigenvalue weighted by Gasteiger charge is -2.14. The van der Waals surface area contributed by atoms with Crippen molar-refractivity contribution < 1.29 is 14.3 Å². The third-order valence-electron chi connectivity index (χ3n) is 3.50. The van der Waals surface area contributed by atoms with Crippen LogP contribution < -0.4 is 14.8 Å². The Balaban J connectivity index is 2.38. The molecular weight excluding hydrogens is 514 g/mol. The third kappa shape index (κ3) is 5.53. The van der Waals surface area contributed by atoms with Gasteiger partial charge in [-0.3, -0.25) is 4.79 Å². The van der Waals surface area contributed by atoms with Crippen LogP contribution in [0.25, 0.3) is 6.08 Å². The number of anilines is 1. The summed E-state index contributed by atoms with van der Waals surface area (Å²) >= 11 is 14.3. The van der Waals surface area contributed by atoms with E-state index in [0.29, 0.717) is 30.3 Å². The maximum Gasteiger partial charge on any atom is 0.266 e. The Labute approximate surface area is 187 Å². The minimum atomic E-state index is -0.612. The number of para-hydroxylation sites is 1. The molecule has 0 aliphatic heterocycles. The first kappa shape index (κ1) is 22.3. The summed E-state index contributed by atoms with van der Waals surface area (Å²) < 4.78 is 12.1. The number of carbonyl (C=O) groups is 1. The Bertz CT molecular complexity index is 935. The highest BCUT2D eigenvalue weighted by Crippen LogP contribution is 2.35. The second kappa shape index (κ2) is 10.6. The van der Waals surface area contributed by atoms with E-state index < -0.39 is 5.91 Å². The molecule has 0 radical (unpaired) electrons. The lowest BCUT2D eigenvalue weighted by molar-refractivity contribution is -0.112. The molecule has 0 unspecified atom stereocenters. The fourth-order valence-electron chi connectivity index (χ4n) is 2.33. The van der Waals surface area contributed by atoms with Crippen LogP contribution in [-0.2, 0) is 4.79 Å². The first-order valence-corrected chi connectivity index (χ1v) is 10.2. The molecule has 8 heteroatoms. The van der Waals surface area contributed by atoms with Gasteiger partial charge in [0.1, 0.15) is 11.6 Å². The summed E-state index contributed by atoms with van der Waals surface area (Å²) in [6, 6.07) is 10.3. The number of nitrogens with zero attached hydrogens (tertiary/aromatic N) is 1. The Hall–Kier alpha value is -1.95. The predicted molar refractivity (Wildman–Crippen MR) is 120 cm³/mol. The van der Waals surface area contributed by atoms with Crippen LogP contribution >= 0.6 is 45.8 Å². The van der Waals surface area contributed by atoms with Crippen molar-refractivity contribution in [1.29, 1.82) is 5.26 Å². The second-order valence-electron chi connectivity index (χ2n) is 5.42. The van der Waals surface area contributed by atoms with Gasteiger partial charge in [0.15, 0.2) is 11.5 Å². The van der Waals surface area contributed by atoms with Crippen LogP contribution in [0.5, 0.6) is 11.5 Å². The Morgan fingerprint density at radius 1 is 1.21 bits per heavy atom. The largest absolute Gasteiger partial charge is 0.490 e. The average molecular weight is 531 g/mol. The number of ether oxygens (including phenoxy) is 2. The molecule has 0 heterocycles. The topological polar surface area (TPSA) is 71.3 Å². The van der Waals surface area contributed by atoms with Gasteiger partial charge in [0.05, 0.1) is 32.5 Å². The van der Waals surface area contributed by atoms with Crippen LogP contribution in [0.2, 0.25) is 10.0 Å². The summed E-state index contributed by atoms with van der Waals surface area (Å²) in [5, 5.41) is 12.6. The van der Waals surface area contributed by atoms with E-state index in [1.165, 1.54) is 6.08 Å². The number of carbonyl (C=O) groups excluding carboxylic acids is 1. The molecule has 0 spiro atoms. The van der Waals surface area contributed by atoms with Gasteiger partial charge >= 0.3 is 0 Å².